The molecule has 0 aliphatic rings. The Kier molecular flexibility index (Phi) is 5.76. The zero-order valence-electron chi connectivity index (χ0n) is 15.1. The largest absolute Gasteiger partial charge is 0.325 e. The first kappa shape index (κ1) is 17.8. The Morgan fingerprint density at radius 1 is 1.08 bits per heavy atom. The van der Waals surface area contributed by atoms with Crippen molar-refractivity contribution in [3.8, 4) is 5.69 Å². The average Bonchev–Trinajstić information content (AvgIpc) is 3.02. The third-order valence-corrected chi connectivity index (χ3v) is 4.18. The van der Waals surface area contributed by atoms with Crippen LogP contribution in [0.15, 0.2) is 54.6 Å². The number of carbonyl (C=O) groups excluding carboxylic acids is 1. The molecule has 1 heterocycles. The number of aromatic nitrogens is 3. The molecule has 134 valence electrons. The lowest BCUT2D eigenvalue weighted by Crippen LogP contribution is -2.18. The highest BCUT2D eigenvalue weighted by Gasteiger charge is 2.14. The van der Waals surface area contributed by atoms with Crippen LogP contribution in [0.2, 0.25) is 0 Å². The smallest absolute Gasteiger partial charge is 0.230 e. The number of amides is 1. The Labute approximate surface area is 153 Å². The molecule has 6 heteroatoms. The summed E-state index contributed by atoms with van der Waals surface area (Å²) in [7, 11) is 0. The van der Waals surface area contributed by atoms with Crippen LogP contribution < -0.4 is 10.6 Å². The summed E-state index contributed by atoms with van der Waals surface area (Å²) in [6.07, 6.45) is 0.189. The quantitative estimate of drug-likeness (QED) is 0.688. The first-order chi connectivity index (χ1) is 12.7. The highest BCUT2D eigenvalue weighted by atomic mass is 16.1. The van der Waals surface area contributed by atoms with Crippen molar-refractivity contribution in [1.29, 1.82) is 0 Å². The van der Waals surface area contributed by atoms with Crippen LogP contribution in [-0.2, 0) is 17.8 Å². The minimum Gasteiger partial charge on any atom is -0.325 e. The Morgan fingerprint density at radius 2 is 1.81 bits per heavy atom. The van der Waals surface area contributed by atoms with Crippen LogP contribution in [0.4, 0.5) is 5.69 Å². The van der Waals surface area contributed by atoms with Crippen molar-refractivity contribution in [3.05, 3.63) is 71.5 Å². The van der Waals surface area contributed by atoms with Crippen LogP contribution in [-0.4, -0.2) is 27.4 Å². The maximum atomic E-state index is 12.5. The summed E-state index contributed by atoms with van der Waals surface area (Å²) in [6.45, 7) is 5.58. The van der Waals surface area contributed by atoms with Crippen molar-refractivity contribution < 1.29 is 4.79 Å². The Morgan fingerprint density at radius 3 is 2.58 bits per heavy atom. The molecule has 0 aliphatic heterocycles. The van der Waals surface area contributed by atoms with Crippen molar-refractivity contribution in [1.82, 2.24) is 20.3 Å². The maximum absolute atomic E-state index is 12.5. The molecule has 2 N–H and O–H groups in total. The number of nitrogens with zero attached hydrogens (tertiary/aromatic N) is 3. The van der Waals surface area contributed by atoms with Gasteiger partial charge >= 0.3 is 0 Å². The summed E-state index contributed by atoms with van der Waals surface area (Å²) in [4.78, 5) is 12.5. The van der Waals surface area contributed by atoms with E-state index in [2.05, 4.69) is 27.9 Å². The van der Waals surface area contributed by atoms with Crippen LogP contribution >= 0.6 is 0 Å². The third kappa shape index (κ3) is 4.15. The number of rotatable bonds is 7. The first-order valence-electron chi connectivity index (χ1n) is 8.74. The number of benzene rings is 2. The Bertz CT molecular complexity index is 873. The number of hydrogen-bond acceptors (Lipinski definition) is 4. The SMILES string of the molecule is CCNCc1ccccc1NC(=O)Cc1nnn(-c2ccccc2)c1C. The molecule has 3 rings (SSSR count). The number of para-hydroxylation sites is 2. The minimum absolute atomic E-state index is 0.0999. The summed E-state index contributed by atoms with van der Waals surface area (Å²) < 4.78 is 1.75. The standard InChI is InChI=1S/C20H23N5O/c1-3-21-14-16-9-7-8-12-18(16)22-20(26)13-19-15(2)25(24-23-19)17-10-5-4-6-11-17/h4-12,21H,3,13-14H2,1-2H3,(H,22,26). The zero-order valence-corrected chi connectivity index (χ0v) is 15.1. The Balaban J connectivity index is 1.71. The van der Waals surface area contributed by atoms with Gasteiger partial charge in [-0.25, -0.2) is 4.68 Å². The van der Waals surface area contributed by atoms with Crippen molar-refractivity contribution in [2.75, 3.05) is 11.9 Å². The van der Waals surface area contributed by atoms with Gasteiger partial charge in [0.15, 0.2) is 0 Å². The molecule has 0 bridgehead atoms. The lowest BCUT2D eigenvalue weighted by molar-refractivity contribution is -0.115. The molecule has 3 aromatic rings. The van der Waals surface area contributed by atoms with Gasteiger partial charge in [-0.3, -0.25) is 4.79 Å². The molecule has 0 radical (unpaired) electrons. The summed E-state index contributed by atoms with van der Waals surface area (Å²) in [6, 6.07) is 17.6. The molecule has 0 aliphatic carbocycles. The van der Waals surface area contributed by atoms with Gasteiger partial charge in [0.25, 0.3) is 0 Å². The van der Waals surface area contributed by atoms with E-state index in [1.165, 1.54) is 0 Å². The topological polar surface area (TPSA) is 71.8 Å². The first-order valence-corrected chi connectivity index (χ1v) is 8.74. The minimum atomic E-state index is -0.0999. The second-order valence-corrected chi connectivity index (χ2v) is 6.03. The van der Waals surface area contributed by atoms with Gasteiger partial charge in [0.1, 0.15) is 0 Å². The van der Waals surface area contributed by atoms with Gasteiger partial charge in [-0.15, -0.1) is 5.10 Å². The molecular formula is C20H23N5O. The van der Waals surface area contributed by atoms with E-state index in [0.29, 0.717) is 5.69 Å². The van der Waals surface area contributed by atoms with E-state index in [-0.39, 0.29) is 12.3 Å². The molecule has 0 saturated heterocycles. The van der Waals surface area contributed by atoms with E-state index in [4.69, 9.17) is 0 Å². The second kappa shape index (κ2) is 8.40. The summed E-state index contributed by atoms with van der Waals surface area (Å²) >= 11 is 0. The normalized spacial score (nSPS) is 10.7. The predicted molar refractivity (Wildman–Crippen MR) is 102 cm³/mol. The summed E-state index contributed by atoms with van der Waals surface area (Å²) in [5, 5.41) is 14.6. The summed E-state index contributed by atoms with van der Waals surface area (Å²) in [5.41, 5.74) is 4.36. The van der Waals surface area contributed by atoms with Crippen molar-refractivity contribution in [2.24, 2.45) is 0 Å². The van der Waals surface area contributed by atoms with E-state index in [9.17, 15) is 4.79 Å². The monoisotopic (exact) mass is 349 g/mol. The van der Waals surface area contributed by atoms with Crippen molar-refractivity contribution in [2.45, 2.75) is 26.8 Å². The number of nitrogens with one attached hydrogen (secondary N) is 2. The summed E-state index contributed by atoms with van der Waals surface area (Å²) in [5.74, 6) is -0.0999. The lowest BCUT2D eigenvalue weighted by atomic mass is 10.1. The van der Waals surface area contributed by atoms with Crippen LogP contribution in [0, 0.1) is 6.92 Å². The third-order valence-electron chi connectivity index (χ3n) is 4.18. The molecule has 1 amide bonds. The van der Waals surface area contributed by atoms with Crippen LogP contribution in [0.3, 0.4) is 0 Å². The lowest BCUT2D eigenvalue weighted by Gasteiger charge is -2.11. The molecule has 0 fully saturated rings. The van der Waals surface area contributed by atoms with E-state index >= 15 is 0 Å². The molecular weight excluding hydrogens is 326 g/mol. The molecule has 6 nitrogen and oxygen atoms in total. The van der Waals surface area contributed by atoms with E-state index < -0.39 is 0 Å². The van der Waals surface area contributed by atoms with Gasteiger partial charge in [0.05, 0.1) is 23.5 Å². The van der Waals surface area contributed by atoms with Gasteiger partial charge in [-0.1, -0.05) is 48.5 Å². The highest BCUT2D eigenvalue weighted by molar-refractivity contribution is 5.92. The van der Waals surface area contributed by atoms with Gasteiger partial charge in [0, 0.05) is 12.2 Å². The Hall–Kier alpha value is -2.99. The fraction of sp³-hybridized carbons (Fsp3) is 0.250. The second-order valence-electron chi connectivity index (χ2n) is 6.03. The fourth-order valence-corrected chi connectivity index (χ4v) is 2.74. The maximum Gasteiger partial charge on any atom is 0.230 e. The predicted octanol–water partition coefficient (Wildman–Crippen LogP) is 2.87. The number of carbonyl (C=O) groups is 1. The van der Waals surface area contributed by atoms with Crippen molar-refractivity contribution in [3.63, 3.8) is 0 Å². The van der Waals surface area contributed by atoms with E-state index in [1.54, 1.807) is 4.68 Å². The molecule has 1 aromatic heterocycles. The van der Waals surface area contributed by atoms with Crippen molar-refractivity contribution >= 4 is 11.6 Å². The average molecular weight is 349 g/mol. The molecule has 2 aromatic carbocycles. The molecule has 0 atom stereocenters. The molecule has 0 saturated carbocycles. The molecule has 0 spiro atoms. The van der Waals surface area contributed by atoms with Gasteiger partial charge in [0.2, 0.25) is 5.91 Å². The van der Waals surface area contributed by atoms with Gasteiger partial charge in [-0.05, 0) is 37.2 Å². The highest BCUT2D eigenvalue weighted by Crippen LogP contribution is 2.16. The fourth-order valence-electron chi connectivity index (χ4n) is 2.74. The zero-order chi connectivity index (χ0) is 18.4. The van der Waals surface area contributed by atoms with E-state index in [1.807, 2.05) is 61.5 Å². The van der Waals surface area contributed by atoms with E-state index in [0.717, 1.165) is 35.7 Å². The van der Waals surface area contributed by atoms with Crippen LogP contribution in [0.25, 0.3) is 5.69 Å². The van der Waals surface area contributed by atoms with Crippen LogP contribution in [0.5, 0.6) is 0 Å². The molecule has 0 unspecified atom stereocenters. The number of anilines is 1. The number of hydrogen-bond donors (Lipinski definition) is 2. The van der Waals surface area contributed by atoms with Gasteiger partial charge in [-0.2, -0.15) is 0 Å². The molecule has 26 heavy (non-hydrogen) atoms. The van der Waals surface area contributed by atoms with Crippen LogP contribution in [0.1, 0.15) is 23.9 Å². The van der Waals surface area contributed by atoms with Gasteiger partial charge < -0.3 is 10.6 Å².